The molecule has 1 aromatic heterocycles. The van der Waals surface area contributed by atoms with Gasteiger partial charge in [0.2, 0.25) is 0 Å². The van der Waals surface area contributed by atoms with Gasteiger partial charge in [-0.25, -0.2) is 4.98 Å². The first-order valence-corrected chi connectivity index (χ1v) is 5.30. The van der Waals surface area contributed by atoms with Crippen LogP contribution in [0.15, 0.2) is 10.7 Å². The number of aromatic nitrogens is 1. The van der Waals surface area contributed by atoms with Gasteiger partial charge in [-0.3, -0.25) is 0 Å². The highest BCUT2D eigenvalue weighted by Crippen LogP contribution is 2.30. The molecule has 5 nitrogen and oxygen atoms in total. The summed E-state index contributed by atoms with van der Waals surface area (Å²) >= 11 is 3.37. The van der Waals surface area contributed by atoms with Crippen LogP contribution in [0.1, 0.15) is 5.56 Å². The fraction of sp³-hybridized carbons (Fsp3) is 0.300. The summed E-state index contributed by atoms with van der Waals surface area (Å²) in [6, 6.07) is 3.99. The molecule has 0 aliphatic carbocycles. The Labute approximate surface area is 102 Å². The van der Waals surface area contributed by atoms with Crippen LogP contribution in [0.2, 0.25) is 0 Å². The van der Waals surface area contributed by atoms with Crippen molar-refractivity contribution >= 4 is 27.4 Å². The lowest BCUT2D eigenvalue weighted by Gasteiger charge is -2.19. The molecule has 1 heterocycles. The Hall–Kier alpha value is -1.79. The molecule has 0 bridgehead atoms. The van der Waals surface area contributed by atoms with E-state index in [1.807, 2.05) is 19.1 Å². The molecule has 0 saturated heterocycles. The average Bonchev–Trinajstić information content (AvgIpc) is 2.26. The van der Waals surface area contributed by atoms with Gasteiger partial charge in [0.05, 0.1) is 28.5 Å². The van der Waals surface area contributed by atoms with Crippen molar-refractivity contribution in [3.63, 3.8) is 0 Å². The van der Waals surface area contributed by atoms with E-state index in [1.54, 1.807) is 4.90 Å². The summed E-state index contributed by atoms with van der Waals surface area (Å²) in [6.45, 7) is 2.08. The molecule has 0 spiro atoms. The van der Waals surface area contributed by atoms with E-state index < -0.39 is 0 Å². The van der Waals surface area contributed by atoms with Crippen LogP contribution in [0, 0.1) is 29.6 Å². The zero-order valence-electron chi connectivity index (χ0n) is 8.74. The van der Waals surface area contributed by atoms with E-state index in [-0.39, 0.29) is 13.1 Å². The van der Waals surface area contributed by atoms with Gasteiger partial charge in [-0.2, -0.15) is 10.5 Å². The lowest BCUT2D eigenvalue weighted by atomic mass is 10.2. The van der Waals surface area contributed by atoms with Gasteiger partial charge in [0.15, 0.2) is 0 Å². The Kier molecular flexibility index (Phi) is 4.10. The number of hydrogen-bond donors (Lipinski definition) is 1. The number of pyridine rings is 1. The fourth-order valence-electron chi connectivity index (χ4n) is 1.18. The van der Waals surface area contributed by atoms with Crippen molar-refractivity contribution in [1.29, 1.82) is 10.5 Å². The second kappa shape index (κ2) is 5.34. The molecule has 16 heavy (non-hydrogen) atoms. The van der Waals surface area contributed by atoms with Crippen molar-refractivity contribution in [2.75, 3.05) is 23.7 Å². The number of nitrogens with two attached hydrogens (primary N) is 1. The smallest absolute Gasteiger partial charge is 0.145 e. The zero-order valence-corrected chi connectivity index (χ0v) is 10.3. The highest BCUT2D eigenvalue weighted by Gasteiger charge is 2.14. The first kappa shape index (κ1) is 12.3. The van der Waals surface area contributed by atoms with Crippen LogP contribution in [0.3, 0.4) is 0 Å². The van der Waals surface area contributed by atoms with Gasteiger partial charge in [-0.15, -0.1) is 0 Å². The Morgan fingerprint density at radius 1 is 1.44 bits per heavy atom. The Morgan fingerprint density at radius 3 is 2.50 bits per heavy atom. The molecule has 82 valence electrons. The first-order chi connectivity index (χ1) is 7.61. The zero-order chi connectivity index (χ0) is 12.1. The van der Waals surface area contributed by atoms with E-state index in [1.165, 1.54) is 6.20 Å². The molecule has 0 aromatic carbocycles. The highest BCUT2D eigenvalue weighted by molar-refractivity contribution is 9.10. The Bertz CT molecular complexity index is 455. The predicted molar refractivity (Wildman–Crippen MR) is 64.5 cm³/mol. The van der Waals surface area contributed by atoms with Crippen LogP contribution in [0.4, 0.5) is 11.5 Å². The normalized spacial score (nSPS) is 9.25. The monoisotopic (exact) mass is 279 g/mol. The van der Waals surface area contributed by atoms with E-state index in [9.17, 15) is 0 Å². The molecule has 0 saturated carbocycles. The van der Waals surface area contributed by atoms with Crippen LogP contribution in [-0.4, -0.2) is 18.1 Å². The van der Waals surface area contributed by atoms with Crippen LogP contribution < -0.4 is 10.6 Å². The molecule has 0 aliphatic rings. The van der Waals surface area contributed by atoms with E-state index >= 15 is 0 Å². The first-order valence-electron chi connectivity index (χ1n) is 4.51. The number of anilines is 2. The van der Waals surface area contributed by atoms with Gasteiger partial charge in [0.25, 0.3) is 0 Å². The molecular formula is C10H10BrN5. The van der Waals surface area contributed by atoms with Crippen LogP contribution >= 0.6 is 15.9 Å². The third-order valence-corrected chi connectivity index (χ3v) is 3.06. The number of nitriles is 2. The van der Waals surface area contributed by atoms with Crippen molar-refractivity contribution in [3.8, 4) is 12.1 Å². The third kappa shape index (κ3) is 2.41. The van der Waals surface area contributed by atoms with E-state index in [4.69, 9.17) is 16.3 Å². The minimum atomic E-state index is 0.114. The van der Waals surface area contributed by atoms with Crippen LogP contribution in [0.5, 0.6) is 0 Å². The van der Waals surface area contributed by atoms with Gasteiger partial charge in [0.1, 0.15) is 18.9 Å². The molecule has 6 heteroatoms. The molecule has 0 atom stereocenters. The van der Waals surface area contributed by atoms with E-state index in [2.05, 4.69) is 20.9 Å². The number of rotatable bonds is 3. The minimum absolute atomic E-state index is 0.114. The molecule has 2 N–H and O–H groups in total. The van der Waals surface area contributed by atoms with Crippen molar-refractivity contribution in [2.45, 2.75) is 6.92 Å². The molecule has 0 fully saturated rings. The maximum Gasteiger partial charge on any atom is 0.145 e. The SMILES string of the molecule is Cc1c(N)cnc(N(CC#N)CC#N)c1Br. The molecular weight excluding hydrogens is 270 g/mol. The topological polar surface area (TPSA) is 89.7 Å². The van der Waals surface area contributed by atoms with Gasteiger partial charge < -0.3 is 10.6 Å². The van der Waals surface area contributed by atoms with Crippen molar-refractivity contribution in [1.82, 2.24) is 4.98 Å². The van der Waals surface area contributed by atoms with Gasteiger partial charge in [0, 0.05) is 0 Å². The van der Waals surface area contributed by atoms with Crippen LogP contribution in [-0.2, 0) is 0 Å². The second-order valence-corrected chi connectivity index (χ2v) is 3.94. The third-order valence-electron chi connectivity index (χ3n) is 2.11. The summed E-state index contributed by atoms with van der Waals surface area (Å²) in [4.78, 5) is 5.71. The summed E-state index contributed by atoms with van der Waals surface area (Å²) in [5.41, 5.74) is 7.12. The van der Waals surface area contributed by atoms with Crippen molar-refractivity contribution < 1.29 is 0 Å². The highest BCUT2D eigenvalue weighted by atomic mass is 79.9. The minimum Gasteiger partial charge on any atom is -0.397 e. The van der Waals surface area contributed by atoms with E-state index in [0.717, 1.165) is 10.0 Å². The van der Waals surface area contributed by atoms with Gasteiger partial charge in [-0.1, -0.05) is 0 Å². The summed E-state index contributed by atoms with van der Waals surface area (Å²) < 4.78 is 0.720. The number of halogens is 1. The number of nitrogens with zero attached hydrogens (tertiary/aromatic N) is 4. The Balaban J connectivity index is 3.16. The number of nitrogen functional groups attached to an aromatic ring is 1. The predicted octanol–water partition coefficient (Wildman–Crippen LogP) is 1.59. The maximum absolute atomic E-state index is 8.67. The van der Waals surface area contributed by atoms with Crippen molar-refractivity contribution in [2.24, 2.45) is 0 Å². The molecule has 0 amide bonds. The summed E-state index contributed by atoms with van der Waals surface area (Å²) in [5.74, 6) is 0.565. The standard InChI is InChI=1S/C10H10BrN5/c1-7-8(14)6-15-10(9(7)11)16(4-2-12)5-3-13/h6H,4-5,14H2,1H3. The lowest BCUT2D eigenvalue weighted by Crippen LogP contribution is -2.25. The average molecular weight is 280 g/mol. The largest absolute Gasteiger partial charge is 0.397 e. The van der Waals surface area contributed by atoms with Gasteiger partial charge >= 0.3 is 0 Å². The second-order valence-electron chi connectivity index (χ2n) is 3.15. The Morgan fingerprint density at radius 2 is 2.00 bits per heavy atom. The molecule has 0 unspecified atom stereocenters. The summed E-state index contributed by atoms with van der Waals surface area (Å²) in [6.07, 6.45) is 1.52. The lowest BCUT2D eigenvalue weighted by molar-refractivity contribution is 0.929. The maximum atomic E-state index is 8.67. The fourth-order valence-corrected chi connectivity index (χ4v) is 1.76. The summed E-state index contributed by atoms with van der Waals surface area (Å²) in [7, 11) is 0. The van der Waals surface area contributed by atoms with Crippen molar-refractivity contribution in [3.05, 3.63) is 16.2 Å². The molecule has 0 radical (unpaired) electrons. The van der Waals surface area contributed by atoms with E-state index in [0.29, 0.717) is 11.5 Å². The summed E-state index contributed by atoms with van der Waals surface area (Å²) in [5, 5.41) is 17.3. The molecule has 1 aromatic rings. The number of hydrogen-bond acceptors (Lipinski definition) is 5. The molecule has 1 rings (SSSR count). The van der Waals surface area contributed by atoms with Gasteiger partial charge in [-0.05, 0) is 28.4 Å². The quantitative estimate of drug-likeness (QED) is 0.849. The molecule has 0 aliphatic heterocycles. The van der Waals surface area contributed by atoms with Crippen LogP contribution in [0.25, 0.3) is 0 Å².